The van der Waals surface area contributed by atoms with Crippen molar-refractivity contribution in [1.82, 2.24) is 19.3 Å². The Morgan fingerprint density at radius 1 is 1.42 bits per heavy atom. The van der Waals surface area contributed by atoms with Crippen molar-refractivity contribution < 1.29 is 0 Å². The summed E-state index contributed by atoms with van der Waals surface area (Å²) in [4.78, 5) is 4.48. The molecule has 0 aliphatic carbocycles. The van der Waals surface area contributed by atoms with Gasteiger partial charge in [-0.15, -0.1) is 6.58 Å². The molecular formula is C14H21N5. The molecule has 2 heterocycles. The molecule has 0 amide bonds. The number of nitrogens with one attached hydrogen (secondary N) is 1. The fraction of sp³-hybridized carbons (Fsp3) is 0.429. The van der Waals surface area contributed by atoms with Gasteiger partial charge in [0.2, 0.25) is 5.95 Å². The predicted molar refractivity (Wildman–Crippen MR) is 77.3 cm³/mol. The number of rotatable bonds is 6. The van der Waals surface area contributed by atoms with Crippen LogP contribution >= 0.6 is 0 Å². The topological polar surface area (TPSA) is 47.7 Å². The molecule has 0 aliphatic rings. The molecule has 1 N–H and O–H groups in total. The summed E-state index contributed by atoms with van der Waals surface area (Å²) in [6.45, 7) is 9.34. The molecule has 0 saturated carbocycles. The van der Waals surface area contributed by atoms with Gasteiger partial charge in [0.25, 0.3) is 0 Å². The van der Waals surface area contributed by atoms with Crippen LogP contribution in [0, 0.1) is 6.92 Å². The molecule has 0 unspecified atom stereocenters. The normalized spacial score (nSPS) is 10.7. The summed E-state index contributed by atoms with van der Waals surface area (Å²) in [7, 11) is 1.96. The molecule has 2 aromatic rings. The van der Waals surface area contributed by atoms with E-state index >= 15 is 0 Å². The van der Waals surface area contributed by atoms with Crippen LogP contribution in [0.1, 0.15) is 23.9 Å². The standard InChI is InChI=1S/C14H21N5/c1-5-7-15-14-16-11(3)8-19(14)10-12-9-18(4)17-13(12)6-2/h5,8-9H,1,6-7,10H2,2-4H3,(H,15,16). The number of aromatic nitrogens is 4. The van der Waals surface area contributed by atoms with E-state index in [9.17, 15) is 0 Å². The number of hydrogen-bond acceptors (Lipinski definition) is 3. The smallest absolute Gasteiger partial charge is 0.203 e. The van der Waals surface area contributed by atoms with E-state index in [0.717, 1.165) is 30.3 Å². The highest BCUT2D eigenvalue weighted by atomic mass is 15.3. The first kappa shape index (κ1) is 13.4. The van der Waals surface area contributed by atoms with Crippen molar-refractivity contribution in [2.24, 2.45) is 7.05 Å². The summed E-state index contributed by atoms with van der Waals surface area (Å²) in [6, 6.07) is 0. The molecule has 0 saturated heterocycles. The summed E-state index contributed by atoms with van der Waals surface area (Å²) in [5.74, 6) is 0.878. The van der Waals surface area contributed by atoms with Gasteiger partial charge >= 0.3 is 0 Å². The second-order valence-electron chi connectivity index (χ2n) is 4.63. The van der Waals surface area contributed by atoms with E-state index in [1.807, 2.05) is 24.7 Å². The lowest BCUT2D eigenvalue weighted by molar-refractivity contribution is 0.746. The molecule has 102 valence electrons. The number of anilines is 1. The van der Waals surface area contributed by atoms with Gasteiger partial charge in [0, 0.05) is 31.5 Å². The van der Waals surface area contributed by atoms with Crippen LogP contribution in [0.3, 0.4) is 0 Å². The SMILES string of the molecule is C=CCNc1nc(C)cn1Cc1cn(C)nc1CC. The number of imidazole rings is 1. The Morgan fingerprint density at radius 3 is 2.89 bits per heavy atom. The van der Waals surface area contributed by atoms with Gasteiger partial charge < -0.3 is 9.88 Å². The van der Waals surface area contributed by atoms with E-state index in [0.29, 0.717) is 6.54 Å². The third kappa shape index (κ3) is 3.05. The molecule has 0 fully saturated rings. The van der Waals surface area contributed by atoms with Crippen molar-refractivity contribution in [3.8, 4) is 0 Å². The van der Waals surface area contributed by atoms with Crippen molar-refractivity contribution in [3.63, 3.8) is 0 Å². The van der Waals surface area contributed by atoms with E-state index in [1.54, 1.807) is 0 Å². The summed E-state index contributed by atoms with van der Waals surface area (Å²) in [5, 5.41) is 7.73. The zero-order valence-corrected chi connectivity index (χ0v) is 11.8. The maximum absolute atomic E-state index is 4.48. The number of nitrogens with zero attached hydrogens (tertiary/aromatic N) is 4. The zero-order valence-electron chi connectivity index (χ0n) is 11.8. The van der Waals surface area contributed by atoms with Gasteiger partial charge in [-0.3, -0.25) is 4.68 Å². The minimum absolute atomic E-state index is 0.712. The van der Waals surface area contributed by atoms with Crippen molar-refractivity contribution in [3.05, 3.63) is 42.0 Å². The van der Waals surface area contributed by atoms with E-state index in [2.05, 4.69) is 45.9 Å². The fourth-order valence-corrected chi connectivity index (χ4v) is 2.17. The maximum atomic E-state index is 4.48. The summed E-state index contributed by atoms with van der Waals surface area (Å²) in [6.07, 6.45) is 6.90. The van der Waals surface area contributed by atoms with Crippen LogP contribution in [0.25, 0.3) is 0 Å². The van der Waals surface area contributed by atoms with E-state index in [1.165, 1.54) is 5.56 Å². The Hall–Kier alpha value is -2.04. The molecule has 2 rings (SSSR count). The Bertz CT molecular complexity index is 564. The second kappa shape index (κ2) is 5.73. The highest BCUT2D eigenvalue weighted by Gasteiger charge is 2.10. The predicted octanol–water partition coefficient (Wildman–Crippen LogP) is 2.13. The second-order valence-corrected chi connectivity index (χ2v) is 4.63. The molecule has 0 spiro atoms. The van der Waals surface area contributed by atoms with Gasteiger partial charge in [-0.1, -0.05) is 13.0 Å². The maximum Gasteiger partial charge on any atom is 0.203 e. The fourth-order valence-electron chi connectivity index (χ4n) is 2.17. The van der Waals surface area contributed by atoms with Crippen molar-refractivity contribution in [2.45, 2.75) is 26.8 Å². The van der Waals surface area contributed by atoms with Crippen LogP contribution in [0.15, 0.2) is 25.0 Å². The minimum atomic E-state index is 0.712. The monoisotopic (exact) mass is 259 g/mol. The molecule has 0 aliphatic heterocycles. The molecular weight excluding hydrogens is 238 g/mol. The van der Waals surface area contributed by atoms with Crippen molar-refractivity contribution in [1.29, 1.82) is 0 Å². The Morgan fingerprint density at radius 2 is 2.21 bits per heavy atom. The average Bonchev–Trinajstić information content (AvgIpc) is 2.90. The minimum Gasteiger partial charge on any atom is -0.352 e. The largest absolute Gasteiger partial charge is 0.352 e. The lowest BCUT2D eigenvalue weighted by Crippen LogP contribution is -2.08. The van der Waals surface area contributed by atoms with Crippen molar-refractivity contribution >= 4 is 5.95 Å². The van der Waals surface area contributed by atoms with Crippen molar-refractivity contribution in [2.75, 3.05) is 11.9 Å². The first-order valence-corrected chi connectivity index (χ1v) is 6.54. The first-order valence-electron chi connectivity index (χ1n) is 6.54. The van der Waals surface area contributed by atoms with Gasteiger partial charge in [0.05, 0.1) is 17.9 Å². The average molecular weight is 259 g/mol. The van der Waals surface area contributed by atoms with E-state index < -0.39 is 0 Å². The van der Waals surface area contributed by atoms with E-state index in [4.69, 9.17) is 0 Å². The van der Waals surface area contributed by atoms with Gasteiger partial charge in [0.15, 0.2) is 0 Å². The quantitative estimate of drug-likeness (QED) is 0.808. The van der Waals surface area contributed by atoms with Gasteiger partial charge in [-0.05, 0) is 13.3 Å². The van der Waals surface area contributed by atoms with Crippen LogP contribution in [-0.2, 0) is 20.0 Å². The van der Waals surface area contributed by atoms with Gasteiger partial charge in [0.1, 0.15) is 0 Å². The van der Waals surface area contributed by atoms with Gasteiger partial charge in [-0.2, -0.15) is 5.10 Å². The highest BCUT2D eigenvalue weighted by molar-refractivity contribution is 5.31. The number of aryl methyl sites for hydroxylation is 3. The zero-order chi connectivity index (χ0) is 13.8. The third-order valence-electron chi connectivity index (χ3n) is 2.97. The molecule has 5 heteroatoms. The van der Waals surface area contributed by atoms with E-state index in [-0.39, 0.29) is 0 Å². The van der Waals surface area contributed by atoms with Crippen LogP contribution in [-0.4, -0.2) is 25.9 Å². The number of hydrogen-bond donors (Lipinski definition) is 1. The summed E-state index contributed by atoms with van der Waals surface area (Å²) >= 11 is 0. The summed E-state index contributed by atoms with van der Waals surface area (Å²) in [5.41, 5.74) is 3.39. The Labute approximate surface area is 114 Å². The molecule has 2 aromatic heterocycles. The Balaban J connectivity index is 2.24. The van der Waals surface area contributed by atoms with Gasteiger partial charge in [-0.25, -0.2) is 4.98 Å². The molecule has 19 heavy (non-hydrogen) atoms. The molecule has 0 radical (unpaired) electrons. The molecule has 0 aromatic carbocycles. The first-order chi connectivity index (χ1) is 9.13. The molecule has 0 bridgehead atoms. The third-order valence-corrected chi connectivity index (χ3v) is 2.97. The van der Waals surface area contributed by atoms with Crippen LogP contribution in [0.5, 0.6) is 0 Å². The molecule has 0 atom stereocenters. The lowest BCUT2D eigenvalue weighted by Gasteiger charge is -2.08. The van der Waals surface area contributed by atoms with Crippen LogP contribution in [0.4, 0.5) is 5.95 Å². The highest BCUT2D eigenvalue weighted by Crippen LogP contribution is 2.14. The molecule has 5 nitrogen and oxygen atoms in total. The summed E-state index contributed by atoms with van der Waals surface area (Å²) < 4.78 is 3.99. The lowest BCUT2D eigenvalue weighted by atomic mass is 10.2. The van der Waals surface area contributed by atoms with Crippen LogP contribution in [0.2, 0.25) is 0 Å². The van der Waals surface area contributed by atoms with Crippen LogP contribution < -0.4 is 5.32 Å². The Kier molecular flexibility index (Phi) is 4.04.